The Hall–Kier alpha value is -3.32. The smallest absolute Gasteiger partial charge is 0.335 e. The number of hydrogen-bond acceptors (Lipinski definition) is 6. The molecular weight excluding hydrogens is 696 g/mol. The van der Waals surface area contributed by atoms with Crippen LogP contribution in [0, 0.1) is 10.5 Å². The second-order valence-electron chi connectivity index (χ2n) is 8.39. The van der Waals surface area contributed by atoms with Crippen LogP contribution in [0.3, 0.4) is 0 Å². The first-order valence-electron chi connectivity index (χ1n) is 11.4. The SMILES string of the molecule is COc1cc(/C=C2\C(=O)NC(=O)N(c3ccc(C)c(Cl)c3)C2=O)cc(I)c1OCC(=O)Nc1ccc(Cl)c(Cl)c1. The fourth-order valence-corrected chi connectivity index (χ4v) is 4.91. The number of anilines is 2. The van der Waals surface area contributed by atoms with E-state index in [1.807, 2.05) is 22.6 Å². The summed E-state index contributed by atoms with van der Waals surface area (Å²) in [6, 6.07) is 11.6. The summed E-state index contributed by atoms with van der Waals surface area (Å²) in [5.41, 5.74) is 1.57. The molecule has 2 N–H and O–H groups in total. The summed E-state index contributed by atoms with van der Waals surface area (Å²) < 4.78 is 11.7. The number of carbonyl (C=O) groups excluding carboxylic acids is 4. The topological polar surface area (TPSA) is 114 Å². The first-order valence-corrected chi connectivity index (χ1v) is 13.6. The molecule has 0 aromatic heterocycles. The molecule has 0 atom stereocenters. The summed E-state index contributed by atoms with van der Waals surface area (Å²) in [5, 5.41) is 5.85. The van der Waals surface area contributed by atoms with Crippen LogP contribution in [0.5, 0.6) is 11.5 Å². The van der Waals surface area contributed by atoms with Crippen LogP contribution in [0.25, 0.3) is 6.08 Å². The number of nitrogens with zero attached hydrogens (tertiary/aromatic N) is 1. The third kappa shape index (κ3) is 6.52. The fourth-order valence-electron chi connectivity index (χ4n) is 3.65. The van der Waals surface area contributed by atoms with E-state index in [0.29, 0.717) is 29.9 Å². The highest BCUT2D eigenvalue weighted by Gasteiger charge is 2.37. The van der Waals surface area contributed by atoms with Crippen LogP contribution < -0.4 is 25.0 Å². The van der Waals surface area contributed by atoms with E-state index in [0.717, 1.165) is 10.5 Å². The van der Waals surface area contributed by atoms with Crippen LogP contribution in [0.15, 0.2) is 54.1 Å². The van der Waals surface area contributed by atoms with Gasteiger partial charge in [-0.05, 0) is 89.2 Å². The van der Waals surface area contributed by atoms with Crippen molar-refractivity contribution in [3.8, 4) is 11.5 Å². The monoisotopic (exact) mass is 713 g/mol. The van der Waals surface area contributed by atoms with Crippen molar-refractivity contribution in [2.75, 3.05) is 23.9 Å². The number of hydrogen-bond donors (Lipinski definition) is 2. The molecule has 206 valence electrons. The van der Waals surface area contributed by atoms with E-state index >= 15 is 0 Å². The maximum absolute atomic E-state index is 13.2. The van der Waals surface area contributed by atoms with E-state index in [9.17, 15) is 19.2 Å². The van der Waals surface area contributed by atoms with Crippen molar-refractivity contribution in [2.24, 2.45) is 0 Å². The highest BCUT2D eigenvalue weighted by Crippen LogP contribution is 2.35. The molecule has 3 aromatic carbocycles. The van der Waals surface area contributed by atoms with E-state index in [-0.39, 0.29) is 29.4 Å². The zero-order valence-electron chi connectivity index (χ0n) is 20.8. The van der Waals surface area contributed by atoms with E-state index in [1.165, 1.54) is 31.4 Å². The molecule has 3 aromatic rings. The lowest BCUT2D eigenvalue weighted by molar-refractivity contribution is -0.122. The Morgan fingerprint density at radius 2 is 1.77 bits per heavy atom. The van der Waals surface area contributed by atoms with Gasteiger partial charge < -0.3 is 14.8 Å². The molecule has 40 heavy (non-hydrogen) atoms. The number of nitrogens with one attached hydrogen (secondary N) is 2. The van der Waals surface area contributed by atoms with Crippen molar-refractivity contribution in [3.05, 3.63) is 83.9 Å². The number of rotatable bonds is 7. The van der Waals surface area contributed by atoms with E-state index in [2.05, 4.69) is 10.6 Å². The Kier molecular flexibility index (Phi) is 9.24. The molecular formula is C27H19Cl3IN3O6. The molecule has 9 nitrogen and oxygen atoms in total. The van der Waals surface area contributed by atoms with Gasteiger partial charge in [0.25, 0.3) is 17.7 Å². The van der Waals surface area contributed by atoms with E-state index < -0.39 is 23.8 Å². The molecule has 1 heterocycles. The van der Waals surface area contributed by atoms with Crippen LogP contribution in [-0.4, -0.2) is 37.5 Å². The van der Waals surface area contributed by atoms with Crippen molar-refractivity contribution >= 4 is 98.6 Å². The summed E-state index contributed by atoms with van der Waals surface area (Å²) in [6.45, 7) is 1.44. The summed E-state index contributed by atoms with van der Waals surface area (Å²) in [4.78, 5) is 51.6. The second kappa shape index (κ2) is 12.5. The number of amides is 5. The summed E-state index contributed by atoms with van der Waals surface area (Å²) in [7, 11) is 1.41. The number of urea groups is 1. The highest BCUT2D eigenvalue weighted by molar-refractivity contribution is 14.1. The molecule has 0 unspecified atom stereocenters. The number of aryl methyl sites for hydroxylation is 1. The summed E-state index contributed by atoms with van der Waals surface area (Å²) in [6.07, 6.45) is 1.33. The average Bonchev–Trinajstić information content (AvgIpc) is 2.89. The number of imide groups is 2. The maximum atomic E-state index is 13.2. The quantitative estimate of drug-likeness (QED) is 0.170. The standard InChI is InChI=1S/C27H19Cl3IN3O6/c1-13-3-5-16(11-19(13)29)34-26(37)17(25(36)33-27(34)38)7-14-8-21(31)24(22(9-14)39-2)40-12-23(35)32-15-4-6-18(28)20(30)10-15/h3-11H,12H2,1-2H3,(H,32,35)(H,33,36,38)/b17-7+. The number of benzene rings is 3. The van der Waals surface area contributed by atoms with Crippen molar-refractivity contribution in [1.29, 1.82) is 0 Å². The number of methoxy groups -OCH3 is 1. The van der Waals surface area contributed by atoms with Gasteiger partial charge in [0.05, 0.1) is 26.4 Å². The lowest BCUT2D eigenvalue weighted by atomic mass is 10.1. The molecule has 1 saturated heterocycles. The molecule has 1 fully saturated rings. The molecule has 0 bridgehead atoms. The van der Waals surface area contributed by atoms with Gasteiger partial charge in [-0.3, -0.25) is 19.7 Å². The Morgan fingerprint density at radius 3 is 2.45 bits per heavy atom. The predicted molar refractivity (Wildman–Crippen MR) is 161 cm³/mol. The predicted octanol–water partition coefficient (Wildman–Crippen LogP) is 6.25. The van der Waals surface area contributed by atoms with Gasteiger partial charge in [-0.1, -0.05) is 40.9 Å². The van der Waals surface area contributed by atoms with Crippen LogP contribution in [0.1, 0.15) is 11.1 Å². The number of ether oxygens (including phenoxy) is 2. The normalized spacial score (nSPS) is 14.3. The Labute approximate surface area is 257 Å². The minimum atomic E-state index is -0.887. The van der Waals surface area contributed by atoms with Crippen LogP contribution >= 0.6 is 57.4 Å². The lowest BCUT2D eigenvalue weighted by Gasteiger charge is -2.26. The molecule has 0 saturated carbocycles. The van der Waals surface area contributed by atoms with Gasteiger partial charge in [-0.25, -0.2) is 9.69 Å². The Bertz CT molecular complexity index is 1590. The molecule has 13 heteroatoms. The molecule has 0 aliphatic carbocycles. The molecule has 1 aliphatic heterocycles. The molecule has 5 amide bonds. The minimum absolute atomic E-state index is 0.214. The number of barbiturate groups is 1. The highest BCUT2D eigenvalue weighted by atomic mass is 127. The number of halogens is 4. The van der Waals surface area contributed by atoms with Crippen molar-refractivity contribution in [1.82, 2.24) is 5.32 Å². The third-order valence-electron chi connectivity index (χ3n) is 5.63. The second-order valence-corrected chi connectivity index (χ2v) is 10.8. The third-order valence-corrected chi connectivity index (χ3v) is 7.58. The number of carbonyl (C=O) groups is 4. The Balaban J connectivity index is 1.56. The average molecular weight is 715 g/mol. The van der Waals surface area contributed by atoms with Gasteiger partial charge in [-0.2, -0.15) is 0 Å². The van der Waals surface area contributed by atoms with Gasteiger partial charge in [0.2, 0.25) is 0 Å². The first-order chi connectivity index (χ1) is 19.0. The maximum Gasteiger partial charge on any atom is 0.335 e. The molecule has 4 rings (SSSR count). The van der Waals surface area contributed by atoms with Crippen LogP contribution in [0.2, 0.25) is 15.1 Å². The van der Waals surface area contributed by atoms with Crippen LogP contribution in [0.4, 0.5) is 16.2 Å². The minimum Gasteiger partial charge on any atom is -0.493 e. The van der Waals surface area contributed by atoms with E-state index in [1.54, 1.807) is 37.3 Å². The molecule has 1 aliphatic rings. The van der Waals surface area contributed by atoms with Gasteiger partial charge in [0, 0.05) is 10.7 Å². The fraction of sp³-hybridized carbons (Fsp3) is 0.111. The summed E-state index contributed by atoms with van der Waals surface area (Å²) >= 11 is 20.0. The largest absolute Gasteiger partial charge is 0.493 e. The zero-order valence-corrected chi connectivity index (χ0v) is 25.2. The van der Waals surface area contributed by atoms with Crippen LogP contribution in [-0.2, 0) is 14.4 Å². The van der Waals surface area contributed by atoms with Crippen molar-refractivity contribution in [2.45, 2.75) is 6.92 Å². The Morgan fingerprint density at radius 1 is 1.02 bits per heavy atom. The summed E-state index contributed by atoms with van der Waals surface area (Å²) in [5.74, 6) is -1.59. The zero-order chi connectivity index (χ0) is 29.1. The van der Waals surface area contributed by atoms with Crippen molar-refractivity contribution in [3.63, 3.8) is 0 Å². The van der Waals surface area contributed by atoms with Gasteiger partial charge in [-0.15, -0.1) is 0 Å². The van der Waals surface area contributed by atoms with Gasteiger partial charge in [0.1, 0.15) is 5.57 Å². The van der Waals surface area contributed by atoms with Crippen molar-refractivity contribution < 1.29 is 28.7 Å². The van der Waals surface area contributed by atoms with Gasteiger partial charge >= 0.3 is 6.03 Å². The van der Waals surface area contributed by atoms with Gasteiger partial charge in [0.15, 0.2) is 18.1 Å². The molecule has 0 spiro atoms. The first kappa shape index (κ1) is 29.7. The molecule has 0 radical (unpaired) electrons. The lowest BCUT2D eigenvalue weighted by Crippen LogP contribution is -2.54. The van der Waals surface area contributed by atoms with E-state index in [4.69, 9.17) is 44.3 Å².